The van der Waals surface area contributed by atoms with Crippen LogP contribution in [-0.4, -0.2) is 8.97 Å². The Hall–Kier alpha value is -6.72. The minimum absolute atomic E-state index is 0.288. The molecule has 0 aliphatic heterocycles. The molecule has 7 aromatic carbocycles. The highest BCUT2D eigenvalue weighted by Crippen LogP contribution is 2.40. The molecule has 0 unspecified atom stereocenters. The van der Waals surface area contributed by atoms with Gasteiger partial charge in [-0.15, -0.1) is 0 Å². The summed E-state index contributed by atoms with van der Waals surface area (Å²) < 4.78 is 10.0. The molecule has 11 aromatic rings. The Balaban J connectivity index is 1.22. The number of pyridine rings is 2. The van der Waals surface area contributed by atoms with Gasteiger partial charge in [0.1, 0.15) is 11.2 Å². The highest BCUT2D eigenvalue weighted by Gasteiger charge is 2.20. The number of furan rings is 1. The van der Waals surface area contributed by atoms with Gasteiger partial charge in [0.2, 0.25) is 0 Å². The summed E-state index contributed by atoms with van der Waals surface area (Å²) in [6, 6.07) is 49.1. The van der Waals surface area contributed by atoms with Crippen LogP contribution < -0.4 is 11.1 Å². The van der Waals surface area contributed by atoms with E-state index in [1.807, 2.05) is 60.7 Å². The lowest BCUT2D eigenvalue weighted by Crippen LogP contribution is -2.27. The summed E-state index contributed by atoms with van der Waals surface area (Å²) in [4.78, 5) is 27.6. The molecule has 11 rings (SSSR count). The van der Waals surface area contributed by atoms with E-state index in [2.05, 4.69) is 89.5 Å². The van der Waals surface area contributed by atoms with Crippen LogP contribution in [0.3, 0.4) is 0 Å². The average Bonchev–Trinajstić information content (AvgIpc) is 3.68. The van der Waals surface area contributed by atoms with Crippen molar-refractivity contribution in [2.75, 3.05) is 0 Å². The van der Waals surface area contributed by atoms with Gasteiger partial charge in [-0.3, -0.25) is 9.59 Å². The number of rotatable bonds is 2. The maximum absolute atomic E-state index is 13.8. The lowest BCUT2D eigenvalue weighted by Gasteiger charge is -2.15. The fourth-order valence-electron chi connectivity index (χ4n) is 8.09. The molecule has 0 amide bonds. The highest BCUT2D eigenvalue weighted by atomic mass is 16.3. The highest BCUT2D eigenvalue weighted by molar-refractivity contribution is 6.20. The number of para-hydroxylation sites is 2. The molecule has 4 aromatic heterocycles. The van der Waals surface area contributed by atoms with E-state index in [-0.39, 0.29) is 11.1 Å². The van der Waals surface area contributed by atoms with Gasteiger partial charge in [-0.1, -0.05) is 84.9 Å². The number of fused-ring (bicyclic) bond motifs is 10. The minimum Gasteiger partial charge on any atom is -0.456 e. The zero-order valence-corrected chi connectivity index (χ0v) is 26.0. The first kappa shape index (κ1) is 26.4. The number of benzene rings is 7. The molecular weight excluding hydrogens is 604 g/mol. The summed E-state index contributed by atoms with van der Waals surface area (Å²) in [5, 5.41) is 9.04. The van der Waals surface area contributed by atoms with Gasteiger partial charge in [-0.2, -0.15) is 0 Å². The third-order valence-electron chi connectivity index (χ3n) is 10.2. The molecule has 0 fully saturated rings. The van der Waals surface area contributed by atoms with Crippen LogP contribution in [-0.2, 0) is 0 Å². The summed E-state index contributed by atoms with van der Waals surface area (Å²) in [6.45, 7) is 0. The molecule has 0 saturated heterocycles. The van der Waals surface area contributed by atoms with E-state index in [0.29, 0.717) is 16.3 Å². The molecule has 4 heterocycles. The Kier molecular flexibility index (Phi) is 5.07. The van der Waals surface area contributed by atoms with E-state index in [1.54, 1.807) is 0 Å². The second-order valence-corrected chi connectivity index (χ2v) is 12.8. The van der Waals surface area contributed by atoms with Crippen molar-refractivity contribution in [2.24, 2.45) is 0 Å². The molecule has 0 radical (unpaired) electrons. The maximum Gasteiger partial charge on any atom is 0.266 e. The smallest absolute Gasteiger partial charge is 0.266 e. The average molecular weight is 629 g/mol. The third-order valence-corrected chi connectivity index (χ3v) is 10.2. The predicted octanol–water partition coefficient (Wildman–Crippen LogP) is 10.2. The molecular formula is C44H24N2O3. The van der Waals surface area contributed by atoms with Crippen LogP contribution in [0.4, 0.5) is 0 Å². The van der Waals surface area contributed by atoms with Gasteiger partial charge in [-0.05, 0) is 76.5 Å². The second-order valence-electron chi connectivity index (χ2n) is 12.8. The lowest BCUT2D eigenvalue weighted by atomic mass is 9.94. The van der Waals surface area contributed by atoms with Crippen LogP contribution in [0.15, 0.2) is 160 Å². The predicted molar refractivity (Wildman–Crippen MR) is 201 cm³/mol. The van der Waals surface area contributed by atoms with Crippen LogP contribution >= 0.6 is 0 Å². The summed E-state index contributed by atoms with van der Waals surface area (Å²) >= 11 is 0. The Bertz CT molecular complexity index is 3230. The summed E-state index contributed by atoms with van der Waals surface area (Å²) in [5.74, 6) is 0. The number of nitrogens with zero attached hydrogens (tertiary/aromatic N) is 2. The van der Waals surface area contributed by atoms with Gasteiger partial charge in [0.25, 0.3) is 11.1 Å². The largest absolute Gasteiger partial charge is 0.456 e. The van der Waals surface area contributed by atoms with E-state index in [1.165, 1.54) is 15.2 Å². The summed E-state index contributed by atoms with van der Waals surface area (Å²) in [5.41, 5.74) is 7.06. The molecule has 0 spiro atoms. The van der Waals surface area contributed by atoms with E-state index < -0.39 is 0 Å². The molecule has 0 saturated carbocycles. The van der Waals surface area contributed by atoms with Crippen LogP contribution in [0.25, 0.3) is 98.4 Å². The van der Waals surface area contributed by atoms with Gasteiger partial charge >= 0.3 is 0 Å². The lowest BCUT2D eigenvalue weighted by molar-refractivity contribution is 0.669. The number of hydrogen-bond donors (Lipinski definition) is 0. The van der Waals surface area contributed by atoms with Crippen molar-refractivity contribution in [3.8, 4) is 16.8 Å². The monoisotopic (exact) mass is 628 g/mol. The van der Waals surface area contributed by atoms with Crippen LogP contribution in [0, 0.1) is 0 Å². The van der Waals surface area contributed by atoms with Gasteiger partial charge in [0, 0.05) is 54.8 Å². The van der Waals surface area contributed by atoms with Crippen molar-refractivity contribution in [3.63, 3.8) is 0 Å². The first-order chi connectivity index (χ1) is 24.1. The Morgan fingerprint density at radius 3 is 1.71 bits per heavy atom. The van der Waals surface area contributed by atoms with E-state index in [4.69, 9.17) is 4.42 Å². The van der Waals surface area contributed by atoms with E-state index >= 15 is 0 Å². The Labute approximate surface area is 277 Å². The first-order valence-electron chi connectivity index (χ1n) is 16.3. The minimum atomic E-state index is -0.288. The van der Waals surface area contributed by atoms with Crippen molar-refractivity contribution in [3.05, 3.63) is 166 Å². The van der Waals surface area contributed by atoms with Crippen molar-refractivity contribution < 1.29 is 4.42 Å². The normalized spacial score (nSPS) is 12.2. The molecule has 0 atom stereocenters. The van der Waals surface area contributed by atoms with Crippen LogP contribution in [0.2, 0.25) is 0 Å². The molecule has 0 bridgehead atoms. The van der Waals surface area contributed by atoms with Crippen LogP contribution in [0.5, 0.6) is 0 Å². The summed E-state index contributed by atoms with van der Waals surface area (Å²) in [6.07, 6.45) is 0. The van der Waals surface area contributed by atoms with Crippen molar-refractivity contribution in [2.45, 2.75) is 0 Å². The van der Waals surface area contributed by atoms with Crippen molar-refractivity contribution >= 4 is 81.6 Å². The molecule has 0 N–H and O–H groups in total. The SMILES string of the molecule is O=c1c2ccccc2c2cc(-c3cccc(-n4c5ccccc5c5cc6c(cc54)oc4ccccc46)c3)cc3c4ccccc4c(=O)n1c23. The van der Waals surface area contributed by atoms with Crippen molar-refractivity contribution in [1.82, 2.24) is 8.97 Å². The fraction of sp³-hybridized carbons (Fsp3) is 0. The molecule has 0 aliphatic carbocycles. The van der Waals surface area contributed by atoms with Crippen molar-refractivity contribution in [1.29, 1.82) is 0 Å². The maximum atomic E-state index is 13.8. The van der Waals surface area contributed by atoms with E-state index in [9.17, 15) is 9.59 Å². The van der Waals surface area contributed by atoms with Gasteiger partial charge in [-0.25, -0.2) is 4.40 Å². The first-order valence-corrected chi connectivity index (χ1v) is 16.3. The fourth-order valence-corrected chi connectivity index (χ4v) is 8.09. The quantitative estimate of drug-likeness (QED) is 0.141. The van der Waals surface area contributed by atoms with Gasteiger partial charge in [0.15, 0.2) is 0 Å². The zero-order chi connectivity index (χ0) is 32.4. The Morgan fingerprint density at radius 1 is 0.388 bits per heavy atom. The molecule has 49 heavy (non-hydrogen) atoms. The third kappa shape index (κ3) is 3.48. The van der Waals surface area contributed by atoms with Crippen LogP contribution in [0.1, 0.15) is 0 Å². The molecule has 228 valence electrons. The zero-order valence-electron chi connectivity index (χ0n) is 26.0. The number of aromatic nitrogens is 2. The molecule has 5 heteroatoms. The topological polar surface area (TPSA) is 56.6 Å². The van der Waals surface area contributed by atoms with E-state index in [0.717, 1.165) is 71.3 Å². The Morgan fingerprint density at radius 2 is 1.00 bits per heavy atom. The molecule has 0 aliphatic rings. The standard InChI is InChI=1S/C44H24N2O3/c47-43-32-16-3-1-12-28(32)36-21-26(22-37-29-13-2-4-17-33(29)44(48)46(43)42(36)37)25-10-9-11-27(20-25)45-38-18-7-5-14-30(38)34-23-35-31-15-6-8-19-40(31)49-41(35)24-39(34)45/h1-24H. The number of hydrogen-bond acceptors (Lipinski definition) is 3. The summed E-state index contributed by atoms with van der Waals surface area (Å²) in [7, 11) is 0. The molecule has 5 nitrogen and oxygen atoms in total. The second kappa shape index (κ2) is 9.43. The van der Waals surface area contributed by atoms with Gasteiger partial charge < -0.3 is 8.98 Å². The van der Waals surface area contributed by atoms with Gasteiger partial charge in [0.05, 0.1) is 16.6 Å².